The molecule has 1 heterocycles. The van der Waals surface area contributed by atoms with Crippen molar-refractivity contribution in [3.8, 4) is 5.75 Å². The summed E-state index contributed by atoms with van der Waals surface area (Å²) in [7, 11) is 1.60. The van der Waals surface area contributed by atoms with Crippen LogP contribution in [-0.2, 0) is 47.9 Å². The molecule has 422 valence electrons. The summed E-state index contributed by atoms with van der Waals surface area (Å²) < 4.78 is 5.19. The number of nitrogens with one attached hydrogen (secondary N) is 9. The van der Waals surface area contributed by atoms with E-state index in [9.17, 15) is 47.9 Å². The molecule has 0 bridgehead atoms. The highest BCUT2D eigenvalue weighted by atomic mass is 16.5. The third kappa shape index (κ3) is 24.4. The maximum Gasteiger partial charge on any atom is 0.267 e. The lowest BCUT2D eigenvalue weighted by atomic mass is 9.97. The average Bonchev–Trinajstić information content (AvgIpc) is 3.78. The molecular weight excluding hydrogens is 969 g/mol. The van der Waals surface area contributed by atoms with E-state index < -0.39 is 102 Å². The first-order chi connectivity index (χ1) is 35.1. The molecule has 1 aromatic rings. The zero-order chi connectivity index (χ0) is 57.2. The predicted octanol–water partition coefficient (Wildman–Crippen LogP) is 1.42. The van der Waals surface area contributed by atoms with Gasteiger partial charge in [-0.25, -0.2) is 0 Å². The second kappa shape index (κ2) is 33.2. The van der Waals surface area contributed by atoms with Crippen LogP contribution in [0.4, 0.5) is 5.69 Å². The standard InChI is InChI=1S/C32H58N8O8.C20H30N4O3/c1-16(2)12-21(27(33)44)37-23(42)14-35-30(47)26(19(7)8)39-31(48)32(10,11)40-28(45)22(13-17(3)4)38-24(43)15-34-29(46)25(18(5)6)36-20(9)41;1-4-6-12-21-19(25)17-14-18(20(26)22-13-7-5-2)24(23-17)15-8-10-16(27-3)11-9-15/h16-19,21-22,25-26H,12-15H2,1-11H3,(H2,33,44)(H,34,46)(H,35,47)(H,36,41)(H,37,42)(H,38,43)(H,39,48)(H,40,45);8-11,18H,4-7,12-14H2,1-3H3,(H,21,25)(H,22,26). The van der Waals surface area contributed by atoms with Gasteiger partial charge in [-0.2, -0.15) is 5.10 Å². The first-order valence-electron chi connectivity index (χ1n) is 26.0. The Balaban J connectivity index is 0.000000872. The van der Waals surface area contributed by atoms with Crippen molar-refractivity contribution in [3.63, 3.8) is 0 Å². The zero-order valence-corrected chi connectivity index (χ0v) is 46.7. The number of methoxy groups -OCH3 is 1. The van der Waals surface area contributed by atoms with Gasteiger partial charge in [0, 0.05) is 26.4 Å². The van der Waals surface area contributed by atoms with Crippen LogP contribution < -0.4 is 63.3 Å². The fourth-order valence-corrected chi connectivity index (χ4v) is 7.34. The van der Waals surface area contributed by atoms with Crippen LogP contribution in [0.5, 0.6) is 5.75 Å². The van der Waals surface area contributed by atoms with E-state index in [4.69, 9.17) is 10.5 Å². The van der Waals surface area contributed by atoms with Crippen LogP contribution in [0.25, 0.3) is 0 Å². The lowest BCUT2D eigenvalue weighted by Gasteiger charge is -2.31. The van der Waals surface area contributed by atoms with Gasteiger partial charge in [0.2, 0.25) is 53.2 Å². The van der Waals surface area contributed by atoms with Crippen LogP contribution in [-0.4, -0.2) is 134 Å². The molecule has 23 nitrogen and oxygen atoms in total. The molecule has 1 aliphatic rings. The number of rotatable bonds is 30. The number of nitrogens with zero attached hydrogens (tertiary/aromatic N) is 2. The van der Waals surface area contributed by atoms with Crippen molar-refractivity contribution < 1.29 is 52.7 Å². The van der Waals surface area contributed by atoms with Gasteiger partial charge in [0.05, 0.1) is 25.9 Å². The van der Waals surface area contributed by atoms with Crippen molar-refractivity contribution in [2.45, 2.75) is 171 Å². The van der Waals surface area contributed by atoms with Gasteiger partial charge in [-0.3, -0.25) is 53.0 Å². The van der Waals surface area contributed by atoms with Gasteiger partial charge in [-0.05, 0) is 87.5 Å². The number of anilines is 1. The summed E-state index contributed by atoms with van der Waals surface area (Å²) in [6, 6.07) is 2.91. The molecule has 0 fully saturated rings. The van der Waals surface area contributed by atoms with Crippen molar-refractivity contribution in [1.82, 2.24) is 47.9 Å². The van der Waals surface area contributed by atoms with E-state index in [0.29, 0.717) is 31.6 Å². The van der Waals surface area contributed by atoms with Crippen LogP contribution in [0.3, 0.4) is 0 Å². The maximum atomic E-state index is 13.3. The second-order valence-electron chi connectivity index (χ2n) is 20.6. The molecule has 1 aromatic carbocycles. The van der Waals surface area contributed by atoms with Crippen LogP contribution in [0, 0.1) is 23.7 Å². The van der Waals surface area contributed by atoms with E-state index in [1.807, 2.05) is 52.0 Å². The van der Waals surface area contributed by atoms with Crippen molar-refractivity contribution in [1.29, 1.82) is 0 Å². The molecule has 11 N–H and O–H groups in total. The smallest absolute Gasteiger partial charge is 0.267 e. The van der Waals surface area contributed by atoms with Crippen LogP contribution >= 0.6 is 0 Å². The molecule has 10 amide bonds. The molecule has 0 aromatic heterocycles. The SMILES string of the molecule is CC(=O)NC(C(=O)NCC(=O)NC(CC(C)C)C(=O)NC(C)(C)C(=O)NC(C(=O)NCC(=O)NC(CC(C)C)C(N)=O)C(C)C)C(C)C.CCCCNC(=O)C1=NN(c2ccc(OC)cc2)C(C(=O)NCCCC)C1. The second-order valence-corrected chi connectivity index (χ2v) is 20.6. The molecule has 0 radical (unpaired) electrons. The predicted molar refractivity (Wildman–Crippen MR) is 287 cm³/mol. The lowest BCUT2D eigenvalue weighted by molar-refractivity contribution is -0.137. The van der Waals surface area contributed by atoms with E-state index in [1.165, 1.54) is 20.8 Å². The average molecular weight is 1060 g/mol. The summed E-state index contributed by atoms with van der Waals surface area (Å²) in [5, 5.41) is 29.7. The highest BCUT2D eigenvalue weighted by Crippen LogP contribution is 2.27. The number of carbonyl (C=O) groups excluding carboxylic acids is 10. The van der Waals surface area contributed by atoms with Crippen LogP contribution in [0.15, 0.2) is 29.4 Å². The number of unbranched alkanes of at least 4 members (excludes halogenated alkanes) is 2. The molecule has 75 heavy (non-hydrogen) atoms. The largest absolute Gasteiger partial charge is 0.497 e. The molecule has 0 saturated carbocycles. The van der Waals surface area contributed by atoms with Gasteiger partial charge >= 0.3 is 0 Å². The lowest BCUT2D eigenvalue weighted by Crippen LogP contribution is -2.63. The van der Waals surface area contributed by atoms with Crippen molar-refractivity contribution in [2.75, 3.05) is 38.3 Å². The monoisotopic (exact) mass is 1060 g/mol. The van der Waals surface area contributed by atoms with E-state index in [1.54, 1.807) is 39.8 Å². The van der Waals surface area contributed by atoms with Gasteiger partial charge in [-0.15, -0.1) is 0 Å². The third-order valence-corrected chi connectivity index (χ3v) is 11.6. The van der Waals surface area contributed by atoms with Crippen molar-refractivity contribution in [2.24, 2.45) is 34.5 Å². The molecule has 0 spiro atoms. The zero-order valence-electron chi connectivity index (χ0n) is 46.7. The Labute approximate surface area is 443 Å². The summed E-state index contributed by atoms with van der Waals surface area (Å²) in [6.07, 6.45) is 4.70. The first-order valence-corrected chi connectivity index (χ1v) is 26.0. The number of hydrazone groups is 1. The Kier molecular flexibility index (Phi) is 29.3. The van der Waals surface area contributed by atoms with Crippen LogP contribution in [0.2, 0.25) is 0 Å². The summed E-state index contributed by atoms with van der Waals surface area (Å²) >= 11 is 0. The normalized spacial score (nSPS) is 14.7. The van der Waals surface area contributed by atoms with Gasteiger partial charge in [0.1, 0.15) is 47.2 Å². The Hall–Kier alpha value is -6.81. The van der Waals surface area contributed by atoms with Gasteiger partial charge in [0.25, 0.3) is 5.91 Å². The van der Waals surface area contributed by atoms with Gasteiger partial charge < -0.3 is 58.3 Å². The number of benzene rings is 1. The van der Waals surface area contributed by atoms with Gasteiger partial charge in [-0.1, -0.05) is 82.1 Å². The van der Waals surface area contributed by atoms with E-state index >= 15 is 0 Å². The number of hydrogen-bond acceptors (Lipinski definition) is 13. The fourth-order valence-electron chi connectivity index (χ4n) is 7.34. The molecule has 23 heteroatoms. The van der Waals surface area contributed by atoms with Crippen molar-refractivity contribution in [3.05, 3.63) is 24.3 Å². The Morgan fingerprint density at radius 3 is 1.61 bits per heavy atom. The summed E-state index contributed by atoms with van der Waals surface area (Å²) in [5.74, 6) is -5.10. The van der Waals surface area contributed by atoms with Gasteiger partial charge in [0.15, 0.2) is 0 Å². The molecule has 1 aliphatic heterocycles. The number of primary amides is 1. The first kappa shape index (κ1) is 66.2. The van der Waals surface area contributed by atoms with E-state index in [-0.39, 0.29) is 36.0 Å². The Bertz CT molecular complexity index is 2110. The topological polar surface area (TPSA) is 330 Å². The highest BCUT2D eigenvalue weighted by Gasteiger charge is 2.38. The molecule has 5 atom stereocenters. The highest BCUT2D eigenvalue weighted by molar-refractivity contribution is 6.40. The minimum Gasteiger partial charge on any atom is -0.497 e. The molecule has 2 rings (SSSR count). The number of amides is 10. The van der Waals surface area contributed by atoms with E-state index in [0.717, 1.165) is 37.1 Å². The summed E-state index contributed by atoms with van der Waals surface area (Å²) in [4.78, 5) is 125. The number of ether oxygens (including phenoxy) is 1. The minimum atomic E-state index is -1.54. The molecule has 0 aliphatic carbocycles. The molecule has 0 saturated heterocycles. The maximum absolute atomic E-state index is 13.3. The molecule has 5 unspecified atom stereocenters. The number of carbonyl (C=O) groups is 10. The Morgan fingerprint density at radius 1 is 0.680 bits per heavy atom. The van der Waals surface area contributed by atoms with E-state index in [2.05, 4.69) is 66.8 Å². The van der Waals surface area contributed by atoms with Crippen molar-refractivity contribution >= 4 is 70.5 Å². The van der Waals surface area contributed by atoms with Crippen LogP contribution in [0.1, 0.15) is 135 Å². The minimum absolute atomic E-state index is 0.0347. The molecular formula is C52H88N12O11. The Morgan fingerprint density at radius 2 is 1.16 bits per heavy atom. The summed E-state index contributed by atoms with van der Waals surface area (Å²) in [6.45, 7) is 22.9. The number of hydrogen-bond donors (Lipinski definition) is 10. The summed E-state index contributed by atoms with van der Waals surface area (Å²) in [5.41, 5.74) is 4.97. The quantitative estimate of drug-likeness (QED) is 0.0490. The number of nitrogens with two attached hydrogens (primary N) is 1. The fraction of sp³-hybridized carbons (Fsp3) is 0.673. The third-order valence-electron chi connectivity index (χ3n) is 11.6.